The number of hydrogen-bond acceptors (Lipinski definition) is 6. The van der Waals surface area contributed by atoms with Gasteiger partial charge < -0.3 is 16.0 Å². The monoisotopic (exact) mass is 656 g/mol. The number of halogens is 2. The van der Waals surface area contributed by atoms with E-state index in [0.717, 1.165) is 10.5 Å². The fourth-order valence-corrected chi connectivity index (χ4v) is 5.95. The van der Waals surface area contributed by atoms with Crippen molar-refractivity contribution in [3.05, 3.63) is 136 Å². The van der Waals surface area contributed by atoms with Crippen LogP contribution in [0.2, 0.25) is 5.02 Å². The summed E-state index contributed by atoms with van der Waals surface area (Å²) in [6.45, 7) is 1.77. The molecule has 5 rings (SSSR count). The number of nitrogens with zero attached hydrogens (tertiary/aromatic N) is 1. The first-order valence-corrected chi connectivity index (χ1v) is 15.8. The van der Waals surface area contributed by atoms with Crippen LogP contribution in [0.1, 0.15) is 22.8 Å². The highest BCUT2D eigenvalue weighted by atomic mass is 35.5. The van der Waals surface area contributed by atoms with Gasteiger partial charge in [0.1, 0.15) is 11.5 Å². The molecule has 4 aromatic carbocycles. The van der Waals surface area contributed by atoms with E-state index in [9.17, 15) is 18.8 Å². The van der Waals surface area contributed by atoms with Crippen LogP contribution in [0, 0.1) is 5.82 Å². The molecule has 1 heterocycles. The number of hydrogen-bond donors (Lipinski definition) is 3. The maximum Gasteiger partial charge on any atom is 0.272 e. The highest BCUT2D eigenvalue weighted by molar-refractivity contribution is 8.00. The molecular weight excluding hydrogens is 631 g/mol. The fourth-order valence-electron chi connectivity index (χ4n) is 4.10. The van der Waals surface area contributed by atoms with Gasteiger partial charge in [-0.1, -0.05) is 48.0 Å². The van der Waals surface area contributed by atoms with Gasteiger partial charge in [0.2, 0.25) is 5.91 Å². The number of amides is 3. The first-order chi connectivity index (χ1) is 21.7. The van der Waals surface area contributed by atoms with Crippen molar-refractivity contribution in [2.45, 2.75) is 17.1 Å². The van der Waals surface area contributed by atoms with Crippen molar-refractivity contribution in [3.8, 4) is 11.3 Å². The molecule has 0 aliphatic carbocycles. The average molecular weight is 657 g/mol. The van der Waals surface area contributed by atoms with Crippen LogP contribution in [0.25, 0.3) is 17.3 Å². The van der Waals surface area contributed by atoms with Crippen molar-refractivity contribution in [3.63, 3.8) is 0 Å². The lowest BCUT2D eigenvalue weighted by molar-refractivity contribution is -0.115. The quantitative estimate of drug-likeness (QED) is 0.104. The van der Waals surface area contributed by atoms with Gasteiger partial charge in [0, 0.05) is 32.1 Å². The Balaban J connectivity index is 1.25. The first-order valence-electron chi connectivity index (χ1n) is 13.7. The number of anilines is 2. The van der Waals surface area contributed by atoms with Crippen molar-refractivity contribution in [1.82, 2.24) is 10.3 Å². The van der Waals surface area contributed by atoms with E-state index in [2.05, 4.69) is 20.9 Å². The largest absolute Gasteiger partial charge is 0.321 e. The van der Waals surface area contributed by atoms with Crippen molar-refractivity contribution >= 4 is 69.3 Å². The van der Waals surface area contributed by atoms with Crippen molar-refractivity contribution in [1.29, 1.82) is 0 Å². The Morgan fingerprint density at radius 2 is 1.67 bits per heavy atom. The molecule has 0 fully saturated rings. The van der Waals surface area contributed by atoms with E-state index >= 15 is 0 Å². The third-order valence-corrected chi connectivity index (χ3v) is 8.42. The van der Waals surface area contributed by atoms with E-state index in [1.807, 2.05) is 6.07 Å². The zero-order valence-electron chi connectivity index (χ0n) is 23.8. The number of thioether (sulfide) groups is 1. The lowest BCUT2D eigenvalue weighted by atomic mass is 10.1. The predicted octanol–water partition coefficient (Wildman–Crippen LogP) is 8.13. The van der Waals surface area contributed by atoms with Gasteiger partial charge in [-0.2, -0.15) is 0 Å². The maximum atomic E-state index is 13.4. The summed E-state index contributed by atoms with van der Waals surface area (Å²) < 4.78 is 13.2. The highest BCUT2D eigenvalue weighted by Gasteiger charge is 2.18. The summed E-state index contributed by atoms with van der Waals surface area (Å²) in [5.74, 6) is -1.55. The molecule has 0 spiro atoms. The molecule has 0 aliphatic heterocycles. The second kappa shape index (κ2) is 14.8. The van der Waals surface area contributed by atoms with Gasteiger partial charge in [-0.25, -0.2) is 9.37 Å². The third kappa shape index (κ3) is 8.89. The summed E-state index contributed by atoms with van der Waals surface area (Å²) in [6, 6.07) is 28.6. The van der Waals surface area contributed by atoms with E-state index in [4.69, 9.17) is 11.6 Å². The molecule has 0 saturated heterocycles. The molecule has 0 saturated carbocycles. The Labute approximate surface area is 272 Å². The van der Waals surface area contributed by atoms with Gasteiger partial charge in [-0.15, -0.1) is 23.1 Å². The molecular formula is C34H26ClFN4O3S2. The minimum atomic E-state index is -0.534. The molecule has 1 aromatic heterocycles. The molecule has 1 atom stereocenters. The summed E-state index contributed by atoms with van der Waals surface area (Å²) >= 11 is 8.73. The van der Waals surface area contributed by atoms with Gasteiger partial charge in [0.25, 0.3) is 11.8 Å². The zero-order chi connectivity index (χ0) is 31.8. The second-order valence-corrected chi connectivity index (χ2v) is 12.4. The molecule has 5 aromatic rings. The molecule has 226 valence electrons. The molecule has 3 amide bonds. The average Bonchev–Trinajstić information content (AvgIpc) is 3.50. The van der Waals surface area contributed by atoms with E-state index in [1.54, 1.807) is 103 Å². The predicted molar refractivity (Wildman–Crippen MR) is 180 cm³/mol. The molecule has 7 nitrogen and oxygen atoms in total. The van der Waals surface area contributed by atoms with Crippen LogP contribution in [0.3, 0.4) is 0 Å². The van der Waals surface area contributed by atoms with Crippen molar-refractivity contribution in [2.75, 3.05) is 10.6 Å². The third-order valence-electron chi connectivity index (χ3n) is 6.34. The standard InChI is InChI=1S/C34H26ClFN4O3S2/c1-21(31(41)40-34-39-30(20-44-34)23-13-15-26(36)16-14-23)45-28-12-6-11-27(19-28)37-33(43)29(18-22-7-5-10-25(35)17-22)38-32(42)24-8-3-2-4-9-24/h2-21H,1H3,(H,37,43)(H,38,42)(H,39,40,41)/b29-18-. The van der Waals surface area contributed by atoms with Crippen LogP contribution in [0.15, 0.2) is 119 Å². The lowest BCUT2D eigenvalue weighted by Crippen LogP contribution is -2.30. The normalized spacial score (nSPS) is 11.8. The zero-order valence-corrected chi connectivity index (χ0v) is 26.2. The van der Waals surface area contributed by atoms with Gasteiger partial charge in [0.15, 0.2) is 5.13 Å². The Hall–Kier alpha value is -4.77. The fraction of sp³-hybridized carbons (Fsp3) is 0.0588. The summed E-state index contributed by atoms with van der Waals surface area (Å²) in [4.78, 5) is 44.4. The van der Waals surface area contributed by atoms with E-state index in [-0.39, 0.29) is 17.4 Å². The van der Waals surface area contributed by atoms with Crippen LogP contribution in [0.5, 0.6) is 0 Å². The van der Waals surface area contributed by atoms with E-state index in [1.165, 1.54) is 35.2 Å². The van der Waals surface area contributed by atoms with Gasteiger partial charge in [-0.3, -0.25) is 14.4 Å². The van der Waals surface area contributed by atoms with Gasteiger partial charge >= 0.3 is 0 Å². The molecule has 0 aliphatic rings. The number of carbonyl (C=O) groups excluding carboxylic acids is 3. The first kappa shape index (κ1) is 31.6. The van der Waals surface area contributed by atoms with E-state index < -0.39 is 17.1 Å². The lowest BCUT2D eigenvalue weighted by Gasteiger charge is -2.14. The number of benzene rings is 4. The van der Waals surface area contributed by atoms with Crippen molar-refractivity contribution in [2.24, 2.45) is 0 Å². The molecule has 0 radical (unpaired) electrons. The second-order valence-electron chi connectivity index (χ2n) is 9.71. The molecule has 3 N–H and O–H groups in total. The Bertz CT molecular complexity index is 1860. The highest BCUT2D eigenvalue weighted by Crippen LogP contribution is 2.29. The summed E-state index contributed by atoms with van der Waals surface area (Å²) in [7, 11) is 0. The maximum absolute atomic E-state index is 13.4. The van der Waals surface area contributed by atoms with Crippen LogP contribution in [-0.2, 0) is 9.59 Å². The summed E-state index contributed by atoms with van der Waals surface area (Å²) in [5, 5.41) is 10.6. The number of thiazole rings is 1. The number of aromatic nitrogens is 1. The number of nitrogens with one attached hydrogen (secondary N) is 3. The smallest absolute Gasteiger partial charge is 0.272 e. The Morgan fingerprint density at radius 1 is 0.911 bits per heavy atom. The van der Waals surface area contributed by atoms with Crippen LogP contribution < -0.4 is 16.0 Å². The minimum Gasteiger partial charge on any atom is -0.321 e. The van der Waals surface area contributed by atoms with Gasteiger partial charge in [0.05, 0.1) is 10.9 Å². The van der Waals surface area contributed by atoms with Crippen molar-refractivity contribution < 1.29 is 18.8 Å². The van der Waals surface area contributed by atoms with Crippen LogP contribution >= 0.6 is 34.7 Å². The Morgan fingerprint density at radius 3 is 2.42 bits per heavy atom. The Kier molecular flexibility index (Phi) is 10.4. The topological polar surface area (TPSA) is 100 Å². The number of carbonyl (C=O) groups is 3. The molecule has 0 bridgehead atoms. The summed E-state index contributed by atoms with van der Waals surface area (Å²) in [5.41, 5.74) is 2.93. The van der Waals surface area contributed by atoms with Gasteiger partial charge in [-0.05, 0) is 85.3 Å². The minimum absolute atomic E-state index is 0.0281. The number of rotatable bonds is 10. The SMILES string of the molecule is CC(Sc1cccc(NC(=O)/C(=C/c2cccc(Cl)c2)NC(=O)c2ccccc2)c1)C(=O)Nc1nc(-c2ccc(F)cc2)cs1. The van der Waals surface area contributed by atoms with Crippen LogP contribution in [0.4, 0.5) is 15.2 Å². The molecule has 45 heavy (non-hydrogen) atoms. The summed E-state index contributed by atoms with van der Waals surface area (Å²) in [6.07, 6.45) is 1.55. The van der Waals surface area contributed by atoms with Crippen LogP contribution in [-0.4, -0.2) is 28.0 Å². The van der Waals surface area contributed by atoms with E-state index in [0.29, 0.717) is 32.7 Å². The molecule has 1 unspecified atom stereocenters. The molecule has 11 heteroatoms.